The summed E-state index contributed by atoms with van der Waals surface area (Å²) in [6, 6.07) is 21.3. The van der Waals surface area contributed by atoms with Gasteiger partial charge in [0.25, 0.3) is 5.91 Å². The highest BCUT2D eigenvalue weighted by Crippen LogP contribution is 2.41. The topological polar surface area (TPSA) is 135 Å². The molecule has 0 saturated carbocycles. The van der Waals surface area contributed by atoms with Gasteiger partial charge in [-0.1, -0.05) is 30.3 Å². The van der Waals surface area contributed by atoms with E-state index in [1.165, 1.54) is 25.6 Å². The van der Waals surface area contributed by atoms with Crippen LogP contribution in [0.4, 0.5) is 28.4 Å². The summed E-state index contributed by atoms with van der Waals surface area (Å²) in [7, 11) is 2.62. The molecule has 0 radical (unpaired) electrons. The summed E-state index contributed by atoms with van der Waals surface area (Å²) < 4.78 is 42.0. The lowest BCUT2D eigenvalue weighted by molar-refractivity contribution is -0.116. The number of para-hydroxylation sites is 1. The van der Waals surface area contributed by atoms with Crippen molar-refractivity contribution in [3.63, 3.8) is 0 Å². The molecule has 0 unspecified atom stereocenters. The Morgan fingerprint density at radius 1 is 0.822 bits per heavy atom. The predicted octanol–water partition coefficient (Wildman–Crippen LogP) is 5.66. The third kappa shape index (κ3) is 6.50. The van der Waals surface area contributed by atoms with Gasteiger partial charge >= 0.3 is 0 Å². The number of rotatable bonds is 10. The highest BCUT2D eigenvalue weighted by Gasteiger charge is 2.22. The van der Waals surface area contributed by atoms with E-state index in [9.17, 15) is 18.0 Å². The van der Waals surface area contributed by atoms with Gasteiger partial charge in [-0.3, -0.25) is 13.9 Å². The summed E-state index contributed by atoms with van der Waals surface area (Å²) in [5.41, 5.74) is 5.37. The van der Waals surface area contributed by atoms with Gasteiger partial charge in [-0.2, -0.15) is 0 Å². The Hall–Kier alpha value is -5.23. The quantitative estimate of drug-likeness (QED) is 0.205. The van der Waals surface area contributed by atoms with Crippen LogP contribution in [-0.2, 0) is 21.2 Å². The van der Waals surface area contributed by atoms with E-state index in [1.54, 1.807) is 55.6 Å². The number of nitrogens with one attached hydrogen (secondary N) is 3. The first-order valence-electron chi connectivity index (χ1n) is 14.0. The van der Waals surface area contributed by atoms with Crippen molar-refractivity contribution < 1.29 is 32.2 Å². The van der Waals surface area contributed by atoms with Crippen LogP contribution in [0.5, 0.6) is 17.2 Å². The van der Waals surface area contributed by atoms with Crippen LogP contribution < -0.4 is 34.5 Å². The normalized spacial score (nSPS) is 12.1. The third-order valence-corrected chi connectivity index (χ3v) is 8.74. The van der Waals surface area contributed by atoms with Crippen LogP contribution in [0, 0.1) is 0 Å². The summed E-state index contributed by atoms with van der Waals surface area (Å²) in [4.78, 5) is 26.1. The number of carbonyl (C=O) groups is 2. The number of hydrogen-bond donors (Lipinski definition) is 3. The summed E-state index contributed by atoms with van der Waals surface area (Å²) in [6.07, 6.45) is 1.73. The van der Waals surface area contributed by atoms with Crippen molar-refractivity contribution >= 4 is 50.3 Å². The molecule has 2 amide bonds. The summed E-state index contributed by atoms with van der Waals surface area (Å²) >= 11 is 0. The molecule has 4 aromatic carbocycles. The van der Waals surface area contributed by atoms with Crippen LogP contribution >= 0.6 is 0 Å². The van der Waals surface area contributed by atoms with E-state index in [-0.39, 0.29) is 18.2 Å². The highest BCUT2D eigenvalue weighted by atomic mass is 32.2. The van der Waals surface area contributed by atoms with Crippen LogP contribution in [0.25, 0.3) is 11.1 Å². The molecule has 0 atom stereocenters. The lowest BCUT2D eigenvalue weighted by atomic mass is 10.0. The van der Waals surface area contributed by atoms with Crippen molar-refractivity contribution in [3.05, 3.63) is 83.9 Å². The highest BCUT2D eigenvalue weighted by molar-refractivity contribution is 7.92. The second kappa shape index (κ2) is 12.8. The van der Waals surface area contributed by atoms with Crippen molar-refractivity contribution in [3.8, 4) is 28.4 Å². The smallest absolute Gasteiger partial charge is 0.257 e. The maximum absolute atomic E-state index is 13.2. The zero-order chi connectivity index (χ0) is 32.3. The minimum absolute atomic E-state index is 0.178. The Bertz CT molecular complexity index is 1890. The number of anilines is 5. The number of nitrogens with zero attached hydrogens (tertiary/aromatic N) is 1. The fraction of sp³-hybridized carbons (Fsp3) is 0.212. The molecule has 0 bridgehead atoms. The van der Waals surface area contributed by atoms with Crippen molar-refractivity contribution in [2.24, 2.45) is 0 Å². The minimum Gasteiger partial charge on any atom is -0.493 e. The van der Waals surface area contributed by atoms with Gasteiger partial charge in [0.15, 0.2) is 11.5 Å². The van der Waals surface area contributed by atoms with Gasteiger partial charge in [0, 0.05) is 24.7 Å². The van der Waals surface area contributed by atoms with Crippen LogP contribution in [0.1, 0.15) is 22.3 Å². The first kappa shape index (κ1) is 31.2. The Kier molecular flexibility index (Phi) is 8.87. The number of hydrogen-bond acceptors (Lipinski definition) is 8. The molecule has 0 fully saturated rings. The van der Waals surface area contributed by atoms with Gasteiger partial charge in [-0.05, 0) is 60.0 Å². The number of amides is 2. The molecule has 1 heterocycles. The number of sulfonamides is 1. The van der Waals surface area contributed by atoms with Gasteiger partial charge in [0.05, 0.1) is 55.9 Å². The zero-order valence-corrected chi connectivity index (χ0v) is 26.4. The monoisotopic (exact) mass is 630 g/mol. The third-order valence-electron chi connectivity index (χ3n) is 7.54. The molecule has 11 nitrogen and oxygen atoms in total. The van der Waals surface area contributed by atoms with E-state index in [4.69, 9.17) is 14.2 Å². The van der Waals surface area contributed by atoms with Gasteiger partial charge in [-0.15, -0.1) is 0 Å². The number of carbonyl (C=O) groups excluding carboxylic acids is 2. The summed E-state index contributed by atoms with van der Waals surface area (Å²) in [6.45, 7) is 0. The first-order chi connectivity index (χ1) is 21.5. The van der Waals surface area contributed by atoms with E-state index < -0.39 is 10.0 Å². The van der Waals surface area contributed by atoms with E-state index in [0.717, 1.165) is 17.4 Å². The number of aryl methyl sites for hydroxylation is 1. The average Bonchev–Trinajstić information content (AvgIpc) is 3.17. The van der Waals surface area contributed by atoms with Crippen molar-refractivity contribution in [2.45, 2.75) is 12.8 Å². The van der Waals surface area contributed by atoms with E-state index in [0.29, 0.717) is 63.2 Å². The van der Waals surface area contributed by atoms with Crippen LogP contribution in [0.15, 0.2) is 72.8 Å². The molecule has 1 aliphatic heterocycles. The number of benzene rings is 4. The molecule has 45 heavy (non-hydrogen) atoms. The fourth-order valence-electron chi connectivity index (χ4n) is 5.19. The minimum atomic E-state index is -3.49. The summed E-state index contributed by atoms with van der Waals surface area (Å²) in [5.74, 6) is 0.965. The van der Waals surface area contributed by atoms with Crippen LogP contribution in [0.3, 0.4) is 0 Å². The molecule has 0 saturated heterocycles. The van der Waals surface area contributed by atoms with Crippen LogP contribution in [0.2, 0.25) is 0 Å². The number of ether oxygens (including phenoxy) is 3. The Morgan fingerprint density at radius 3 is 2.29 bits per heavy atom. The standard InChI is InChI=1S/C33H34N4O7S/c1-37(45(5,40)41)28-9-7-6-8-23(28)21-10-14-24-26(18-21)35-25-15-13-22(19-27(25)36-33(24)39)34-30(38)17-12-20-11-16-29(42-2)32(44-4)31(20)43-3/h6-11,13-16,18-19,35H,12,17H2,1-5H3,(H,34,38)(H,36,39). The first-order valence-corrected chi connectivity index (χ1v) is 15.9. The number of fused-ring (bicyclic) bond motifs is 2. The average molecular weight is 631 g/mol. The van der Waals surface area contributed by atoms with E-state index >= 15 is 0 Å². The van der Waals surface area contributed by atoms with Gasteiger partial charge in [-0.25, -0.2) is 8.42 Å². The zero-order valence-electron chi connectivity index (χ0n) is 25.6. The lowest BCUT2D eigenvalue weighted by Crippen LogP contribution is -2.25. The van der Waals surface area contributed by atoms with E-state index in [1.807, 2.05) is 24.3 Å². The van der Waals surface area contributed by atoms with E-state index in [2.05, 4.69) is 16.0 Å². The maximum atomic E-state index is 13.2. The molecule has 12 heteroatoms. The lowest BCUT2D eigenvalue weighted by Gasteiger charge is -2.21. The predicted molar refractivity (Wildman–Crippen MR) is 176 cm³/mol. The Balaban J connectivity index is 1.34. The van der Waals surface area contributed by atoms with Crippen molar-refractivity contribution in [1.29, 1.82) is 0 Å². The second-order valence-electron chi connectivity index (χ2n) is 10.4. The van der Waals surface area contributed by atoms with Gasteiger partial charge in [0.1, 0.15) is 0 Å². The maximum Gasteiger partial charge on any atom is 0.257 e. The Labute approximate surface area is 262 Å². The SMILES string of the molecule is COc1ccc(CCC(=O)Nc2ccc3c(c2)NC(=O)c2ccc(-c4ccccc4N(C)S(C)(=O)=O)cc2N3)c(OC)c1OC. The second-order valence-corrected chi connectivity index (χ2v) is 12.4. The van der Waals surface area contributed by atoms with Gasteiger partial charge < -0.3 is 30.2 Å². The molecule has 4 aromatic rings. The summed E-state index contributed by atoms with van der Waals surface area (Å²) in [5, 5.41) is 9.13. The molecular weight excluding hydrogens is 596 g/mol. The Morgan fingerprint density at radius 2 is 1.58 bits per heavy atom. The molecule has 0 aliphatic carbocycles. The fourth-order valence-corrected chi connectivity index (χ4v) is 5.70. The largest absolute Gasteiger partial charge is 0.493 e. The molecule has 0 aromatic heterocycles. The number of methoxy groups -OCH3 is 3. The molecule has 1 aliphatic rings. The van der Waals surface area contributed by atoms with Crippen molar-refractivity contribution in [2.75, 3.05) is 54.9 Å². The van der Waals surface area contributed by atoms with Gasteiger partial charge in [0.2, 0.25) is 21.7 Å². The molecular formula is C33H34N4O7S. The molecule has 3 N–H and O–H groups in total. The molecule has 0 spiro atoms. The van der Waals surface area contributed by atoms with Crippen molar-refractivity contribution in [1.82, 2.24) is 0 Å². The molecule has 5 rings (SSSR count). The molecule has 234 valence electrons. The van der Waals surface area contributed by atoms with Crippen LogP contribution in [-0.4, -0.2) is 54.9 Å².